The zero-order valence-corrected chi connectivity index (χ0v) is 19.9. The first-order valence-corrected chi connectivity index (χ1v) is 12.6. The summed E-state index contributed by atoms with van der Waals surface area (Å²) in [5.74, 6) is 0.0993. The maximum Gasteiger partial charge on any atom is 0.321 e. The molecule has 1 aliphatic rings. The van der Waals surface area contributed by atoms with Crippen molar-refractivity contribution in [2.75, 3.05) is 24.0 Å². The molecule has 7 nitrogen and oxygen atoms in total. The number of fused-ring (bicyclic) bond motifs is 1. The van der Waals surface area contributed by atoms with Gasteiger partial charge in [-0.1, -0.05) is 60.7 Å². The number of ether oxygens (including phenoxy) is 2. The molecule has 1 aliphatic heterocycles. The van der Waals surface area contributed by atoms with Crippen LogP contribution < -0.4 is 9.04 Å². The molecule has 3 aromatic rings. The van der Waals surface area contributed by atoms with E-state index in [-0.39, 0.29) is 19.7 Å². The topological polar surface area (TPSA) is 76.1 Å². The van der Waals surface area contributed by atoms with Gasteiger partial charge in [0.15, 0.2) is 0 Å². The molecular weight excluding hydrogens is 452 g/mol. The second-order valence-electron chi connectivity index (χ2n) is 7.95. The molecule has 0 aliphatic carbocycles. The van der Waals surface area contributed by atoms with Crippen LogP contribution in [0.25, 0.3) is 0 Å². The average molecular weight is 481 g/mol. The number of anilines is 1. The number of carbonyl (C=O) groups is 1. The van der Waals surface area contributed by atoms with Crippen LogP contribution >= 0.6 is 0 Å². The maximum absolute atomic E-state index is 13.6. The van der Waals surface area contributed by atoms with E-state index in [0.717, 1.165) is 16.7 Å². The van der Waals surface area contributed by atoms with E-state index in [1.54, 1.807) is 25.1 Å². The molecule has 0 fully saturated rings. The molecule has 0 amide bonds. The van der Waals surface area contributed by atoms with Gasteiger partial charge in [-0.2, -0.15) is 12.7 Å². The summed E-state index contributed by atoms with van der Waals surface area (Å²) < 4.78 is 40.6. The van der Waals surface area contributed by atoms with E-state index in [1.165, 1.54) is 8.61 Å². The number of benzene rings is 3. The summed E-state index contributed by atoms with van der Waals surface area (Å²) >= 11 is 0. The standard InChI is InChI=1S/C26H28N2O5S/c1-2-32-26(29)19-27(34(30,31)28-17-16-23-10-6-7-11-25(23)28)18-21-12-14-24(15-13-21)33-20-22-8-4-3-5-9-22/h3-15H,2,16-20H2,1H3. The summed E-state index contributed by atoms with van der Waals surface area (Å²) in [4.78, 5) is 12.3. The number of nitrogens with zero attached hydrogens (tertiary/aromatic N) is 2. The fourth-order valence-corrected chi connectivity index (χ4v) is 5.50. The van der Waals surface area contributed by atoms with Crippen molar-refractivity contribution in [2.24, 2.45) is 0 Å². The van der Waals surface area contributed by atoms with E-state index in [4.69, 9.17) is 9.47 Å². The summed E-state index contributed by atoms with van der Waals surface area (Å²) in [6, 6.07) is 24.5. The Morgan fingerprint density at radius 3 is 2.38 bits per heavy atom. The molecule has 4 rings (SSSR count). The van der Waals surface area contributed by atoms with E-state index in [2.05, 4.69) is 0 Å². The van der Waals surface area contributed by atoms with Gasteiger partial charge in [0.25, 0.3) is 0 Å². The second-order valence-corrected chi connectivity index (χ2v) is 9.80. The third kappa shape index (κ3) is 5.58. The highest BCUT2D eigenvalue weighted by atomic mass is 32.2. The predicted octanol–water partition coefficient (Wildman–Crippen LogP) is 3.94. The van der Waals surface area contributed by atoms with E-state index in [0.29, 0.717) is 31.0 Å². The normalized spacial score (nSPS) is 13.1. The lowest BCUT2D eigenvalue weighted by atomic mass is 10.2. The molecule has 1 heterocycles. The molecular formula is C26H28N2O5S. The molecule has 34 heavy (non-hydrogen) atoms. The molecule has 0 radical (unpaired) electrons. The Bertz CT molecular complexity index is 1210. The fourth-order valence-electron chi connectivity index (χ4n) is 3.89. The highest BCUT2D eigenvalue weighted by Gasteiger charge is 2.35. The van der Waals surface area contributed by atoms with Gasteiger partial charge in [0.2, 0.25) is 0 Å². The van der Waals surface area contributed by atoms with Crippen LogP contribution in [-0.2, 0) is 39.3 Å². The van der Waals surface area contributed by atoms with Crippen LogP contribution in [0.5, 0.6) is 5.75 Å². The number of carbonyl (C=O) groups excluding carboxylic acids is 1. The summed E-state index contributed by atoms with van der Waals surface area (Å²) in [6.45, 7) is 2.35. The average Bonchev–Trinajstić information content (AvgIpc) is 3.29. The minimum Gasteiger partial charge on any atom is -0.489 e. The van der Waals surface area contributed by atoms with Crippen molar-refractivity contribution in [3.8, 4) is 5.75 Å². The molecule has 0 aromatic heterocycles. The van der Waals surface area contributed by atoms with Crippen molar-refractivity contribution in [3.63, 3.8) is 0 Å². The first kappa shape index (κ1) is 23.8. The molecule has 0 atom stereocenters. The summed E-state index contributed by atoms with van der Waals surface area (Å²) in [5.41, 5.74) is 3.43. The van der Waals surface area contributed by atoms with Gasteiger partial charge >= 0.3 is 16.2 Å². The Balaban J connectivity index is 1.50. The predicted molar refractivity (Wildman–Crippen MR) is 131 cm³/mol. The van der Waals surface area contributed by atoms with E-state index >= 15 is 0 Å². The summed E-state index contributed by atoms with van der Waals surface area (Å²) in [6.07, 6.45) is 0.635. The van der Waals surface area contributed by atoms with Crippen LogP contribution in [0.2, 0.25) is 0 Å². The van der Waals surface area contributed by atoms with Gasteiger partial charge in [-0.3, -0.25) is 9.10 Å². The van der Waals surface area contributed by atoms with Crippen molar-refractivity contribution >= 4 is 21.9 Å². The number of hydrogen-bond donors (Lipinski definition) is 0. The Hall–Kier alpha value is -3.36. The number of para-hydroxylation sites is 1. The van der Waals surface area contributed by atoms with Crippen LogP contribution in [0, 0.1) is 0 Å². The molecule has 0 saturated carbocycles. The quantitative estimate of drug-likeness (QED) is 0.411. The smallest absolute Gasteiger partial charge is 0.321 e. The Kier molecular flexibility index (Phi) is 7.49. The largest absolute Gasteiger partial charge is 0.489 e. The Morgan fingerprint density at radius 1 is 0.941 bits per heavy atom. The lowest BCUT2D eigenvalue weighted by Gasteiger charge is -2.28. The second kappa shape index (κ2) is 10.7. The third-order valence-corrected chi connectivity index (χ3v) is 7.44. The van der Waals surface area contributed by atoms with Crippen LogP contribution in [0.15, 0.2) is 78.9 Å². The first-order chi connectivity index (χ1) is 16.5. The van der Waals surface area contributed by atoms with Crippen molar-refractivity contribution in [1.29, 1.82) is 0 Å². The van der Waals surface area contributed by atoms with Crippen molar-refractivity contribution in [2.45, 2.75) is 26.5 Å². The maximum atomic E-state index is 13.6. The summed E-state index contributed by atoms with van der Waals surface area (Å²) in [7, 11) is -3.95. The number of rotatable bonds is 10. The van der Waals surface area contributed by atoms with Gasteiger partial charge in [-0.15, -0.1) is 0 Å². The lowest BCUT2D eigenvalue weighted by Crippen LogP contribution is -2.45. The van der Waals surface area contributed by atoms with Gasteiger partial charge < -0.3 is 9.47 Å². The third-order valence-electron chi connectivity index (χ3n) is 5.59. The zero-order valence-electron chi connectivity index (χ0n) is 19.1. The summed E-state index contributed by atoms with van der Waals surface area (Å²) in [5, 5.41) is 0. The van der Waals surface area contributed by atoms with Crippen LogP contribution in [0.4, 0.5) is 5.69 Å². The van der Waals surface area contributed by atoms with Gasteiger partial charge in [0.1, 0.15) is 18.9 Å². The van der Waals surface area contributed by atoms with Gasteiger partial charge in [-0.25, -0.2) is 0 Å². The van der Waals surface area contributed by atoms with E-state index in [1.807, 2.05) is 60.7 Å². The highest BCUT2D eigenvalue weighted by Crippen LogP contribution is 2.31. The molecule has 8 heteroatoms. The van der Waals surface area contributed by atoms with Gasteiger partial charge in [0, 0.05) is 13.1 Å². The van der Waals surface area contributed by atoms with Gasteiger partial charge in [0.05, 0.1) is 12.3 Å². The SMILES string of the molecule is CCOC(=O)CN(Cc1ccc(OCc2ccccc2)cc1)S(=O)(=O)N1CCc2ccccc21. The van der Waals surface area contributed by atoms with Crippen molar-refractivity contribution < 1.29 is 22.7 Å². The van der Waals surface area contributed by atoms with Gasteiger partial charge in [-0.05, 0) is 48.2 Å². The molecule has 0 spiro atoms. The molecule has 0 saturated heterocycles. The Morgan fingerprint density at radius 2 is 1.65 bits per heavy atom. The lowest BCUT2D eigenvalue weighted by molar-refractivity contribution is -0.143. The van der Waals surface area contributed by atoms with E-state index < -0.39 is 16.2 Å². The Labute approximate surface area is 200 Å². The fraction of sp³-hybridized carbons (Fsp3) is 0.269. The van der Waals surface area contributed by atoms with Crippen LogP contribution in [0.1, 0.15) is 23.6 Å². The molecule has 0 N–H and O–H groups in total. The van der Waals surface area contributed by atoms with Crippen LogP contribution in [0.3, 0.4) is 0 Å². The number of hydrogen-bond acceptors (Lipinski definition) is 5. The monoisotopic (exact) mass is 480 g/mol. The van der Waals surface area contributed by atoms with Crippen molar-refractivity contribution in [3.05, 3.63) is 95.6 Å². The molecule has 0 bridgehead atoms. The highest BCUT2D eigenvalue weighted by molar-refractivity contribution is 7.90. The van der Waals surface area contributed by atoms with Crippen LogP contribution in [-0.4, -0.2) is 38.4 Å². The minimum absolute atomic E-state index is 0.0405. The zero-order chi connectivity index (χ0) is 24.0. The number of esters is 1. The molecule has 3 aromatic carbocycles. The van der Waals surface area contributed by atoms with Crippen molar-refractivity contribution in [1.82, 2.24) is 4.31 Å². The molecule has 178 valence electrons. The minimum atomic E-state index is -3.95. The molecule has 0 unspecified atom stereocenters. The first-order valence-electron chi connectivity index (χ1n) is 11.2. The van der Waals surface area contributed by atoms with E-state index in [9.17, 15) is 13.2 Å².